The molecule has 1 amide bonds. The molecule has 0 spiro atoms. The Labute approximate surface area is 145 Å². The Hall–Kier alpha value is -3.27. The molecule has 0 aliphatic carbocycles. The predicted molar refractivity (Wildman–Crippen MR) is 89.1 cm³/mol. The second kappa shape index (κ2) is 7.09. The Balaban J connectivity index is 1.76. The van der Waals surface area contributed by atoms with Gasteiger partial charge in [0.1, 0.15) is 11.2 Å². The van der Waals surface area contributed by atoms with Crippen molar-refractivity contribution in [3.8, 4) is 11.5 Å². The van der Waals surface area contributed by atoms with E-state index in [1.165, 1.54) is 19.1 Å². The van der Waals surface area contributed by atoms with E-state index < -0.39 is 4.92 Å². The van der Waals surface area contributed by atoms with Gasteiger partial charge in [-0.2, -0.15) is 0 Å². The summed E-state index contributed by atoms with van der Waals surface area (Å²) in [4.78, 5) is 25.2. The highest BCUT2D eigenvalue weighted by Gasteiger charge is 2.12. The number of benzene rings is 1. The van der Waals surface area contributed by atoms with Gasteiger partial charge in [0.25, 0.3) is 10.9 Å². The number of anilines is 1. The quantitative estimate of drug-likeness (QED) is 0.545. The fourth-order valence-corrected chi connectivity index (χ4v) is 2.55. The first-order chi connectivity index (χ1) is 12.0. The average molecular weight is 357 g/mol. The van der Waals surface area contributed by atoms with Crippen molar-refractivity contribution in [3.05, 3.63) is 52.7 Å². The maximum Gasteiger partial charge on any atom is 0.287 e. The number of amides is 1. The summed E-state index contributed by atoms with van der Waals surface area (Å²) in [5.74, 6) is 0.111. The summed E-state index contributed by atoms with van der Waals surface area (Å²) >= 11 is 1.09. The Morgan fingerprint density at radius 3 is 2.80 bits per heavy atom. The molecule has 9 nitrogen and oxygen atoms in total. The fraction of sp³-hybridized carbons (Fsp3) is 0.0667. The summed E-state index contributed by atoms with van der Waals surface area (Å²) in [6.45, 7) is 1.42. The third-order valence-electron chi connectivity index (χ3n) is 2.96. The maximum atomic E-state index is 11.1. The lowest BCUT2D eigenvalue weighted by molar-refractivity contribution is -0.385. The number of nitrogens with zero attached hydrogens (tertiary/aromatic N) is 4. The van der Waals surface area contributed by atoms with Crippen LogP contribution in [0.3, 0.4) is 0 Å². The van der Waals surface area contributed by atoms with E-state index in [1.807, 2.05) is 0 Å². The van der Waals surface area contributed by atoms with Crippen molar-refractivity contribution >= 4 is 29.0 Å². The molecule has 2 heterocycles. The first-order valence-electron chi connectivity index (χ1n) is 7.01. The van der Waals surface area contributed by atoms with Crippen LogP contribution in [0.5, 0.6) is 0 Å². The SMILES string of the molecule is CC(=O)Nc1cccc(-c2nnc(Sc3ccc([N+](=O)[O-])cn3)o2)c1. The summed E-state index contributed by atoms with van der Waals surface area (Å²) in [6, 6.07) is 9.85. The van der Waals surface area contributed by atoms with E-state index in [1.54, 1.807) is 24.3 Å². The third-order valence-corrected chi connectivity index (χ3v) is 3.75. The van der Waals surface area contributed by atoms with Gasteiger partial charge in [0, 0.05) is 24.2 Å². The zero-order chi connectivity index (χ0) is 17.8. The van der Waals surface area contributed by atoms with E-state index in [4.69, 9.17) is 4.42 Å². The number of aromatic nitrogens is 3. The Bertz CT molecular complexity index is 926. The standard InChI is InChI=1S/C15H11N5O4S/c1-9(21)17-11-4-2-3-10(7-11)14-18-19-15(24-14)25-13-6-5-12(8-16-13)20(22)23/h2-8H,1H3,(H,17,21). The van der Waals surface area contributed by atoms with Gasteiger partial charge < -0.3 is 9.73 Å². The highest BCUT2D eigenvalue weighted by molar-refractivity contribution is 7.99. The lowest BCUT2D eigenvalue weighted by Crippen LogP contribution is -2.05. The van der Waals surface area contributed by atoms with Gasteiger partial charge >= 0.3 is 0 Å². The molecule has 10 heteroatoms. The fourth-order valence-electron chi connectivity index (χ4n) is 1.93. The van der Waals surface area contributed by atoms with Crippen LogP contribution in [0, 0.1) is 10.1 Å². The molecule has 0 aliphatic heterocycles. The molecule has 126 valence electrons. The second-order valence-corrected chi connectivity index (χ2v) is 5.82. The van der Waals surface area contributed by atoms with Crippen LogP contribution >= 0.6 is 11.8 Å². The lowest BCUT2D eigenvalue weighted by atomic mass is 10.2. The van der Waals surface area contributed by atoms with Gasteiger partial charge in [0.15, 0.2) is 0 Å². The van der Waals surface area contributed by atoms with Crippen LogP contribution < -0.4 is 5.32 Å². The summed E-state index contributed by atoms with van der Waals surface area (Å²) in [5, 5.41) is 21.9. The summed E-state index contributed by atoms with van der Waals surface area (Å²) in [6.07, 6.45) is 1.16. The van der Waals surface area contributed by atoms with Crippen molar-refractivity contribution < 1.29 is 14.1 Å². The van der Waals surface area contributed by atoms with E-state index in [9.17, 15) is 14.9 Å². The number of nitrogens with one attached hydrogen (secondary N) is 1. The van der Waals surface area contributed by atoms with E-state index in [0.717, 1.165) is 18.0 Å². The molecule has 0 radical (unpaired) electrons. The van der Waals surface area contributed by atoms with Gasteiger partial charge in [-0.1, -0.05) is 6.07 Å². The summed E-state index contributed by atoms with van der Waals surface area (Å²) in [5.41, 5.74) is 1.18. The van der Waals surface area contributed by atoms with Crippen LogP contribution in [0.4, 0.5) is 11.4 Å². The number of carbonyl (C=O) groups is 1. The van der Waals surface area contributed by atoms with Crippen LogP contribution in [0.15, 0.2) is 57.3 Å². The lowest BCUT2D eigenvalue weighted by Gasteiger charge is -2.02. The molecule has 2 aromatic heterocycles. The van der Waals surface area contributed by atoms with E-state index >= 15 is 0 Å². The van der Waals surface area contributed by atoms with E-state index in [2.05, 4.69) is 20.5 Å². The smallest absolute Gasteiger partial charge is 0.287 e. The summed E-state index contributed by atoms with van der Waals surface area (Å²) in [7, 11) is 0. The van der Waals surface area contributed by atoms with Crippen LogP contribution in [0.25, 0.3) is 11.5 Å². The highest BCUT2D eigenvalue weighted by Crippen LogP contribution is 2.29. The van der Waals surface area contributed by atoms with Crippen molar-refractivity contribution in [3.63, 3.8) is 0 Å². The zero-order valence-electron chi connectivity index (χ0n) is 12.9. The van der Waals surface area contributed by atoms with Crippen LogP contribution in [0.1, 0.15) is 6.92 Å². The maximum absolute atomic E-state index is 11.1. The van der Waals surface area contributed by atoms with E-state index in [0.29, 0.717) is 16.3 Å². The minimum absolute atomic E-state index is 0.0923. The minimum Gasteiger partial charge on any atom is -0.411 e. The van der Waals surface area contributed by atoms with Gasteiger partial charge in [-0.05, 0) is 36.0 Å². The van der Waals surface area contributed by atoms with Crippen molar-refractivity contribution in [2.45, 2.75) is 17.2 Å². The highest BCUT2D eigenvalue weighted by atomic mass is 32.2. The van der Waals surface area contributed by atoms with Crippen molar-refractivity contribution in [1.29, 1.82) is 0 Å². The molecule has 3 rings (SSSR count). The van der Waals surface area contributed by atoms with Gasteiger partial charge in [0.05, 0.1) is 4.92 Å². The van der Waals surface area contributed by atoms with Crippen molar-refractivity contribution in [2.75, 3.05) is 5.32 Å². The second-order valence-electron chi connectivity index (χ2n) is 4.85. The molecule has 0 saturated heterocycles. The Morgan fingerprint density at radius 1 is 1.28 bits per heavy atom. The number of hydrogen-bond acceptors (Lipinski definition) is 8. The first-order valence-corrected chi connectivity index (χ1v) is 7.83. The number of nitro groups is 1. The molecular formula is C15H11N5O4S. The van der Waals surface area contributed by atoms with Gasteiger partial charge in [-0.25, -0.2) is 4.98 Å². The van der Waals surface area contributed by atoms with Gasteiger partial charge in [0.2, 0.25) is 11.8 Å². The van der Waals surface area contributed by atoms with Gasteiger partial charge in [-0.15, -0.1) is 10.2 Å². The number of carbonyl (C=O) groups excluding carboxylic acids is 1. The largest absolute Gasteiger partial charge is 0.411 e. The Morgan fingerprint density at radius 2 is 2.12 bits per heavy atom. The molecule has 0 unspecified atom stereocenters. The monoisotopic (exact) mass is 357 g/mol. The topological polar surface area (TPSA) is 124 Å². The van der Waals surface area contributed by atoms with Crippen LogP contribution in [-0.4, -0.2) is 26.0 Å². The van der Waals surface area contributed by atoms with Crippen LogP contribution in [-0.2, 0) is 4.79 Å². The van der Waals surface area contributed by atoms with Gasteiger partial charge in [-0.3, -0.25) is 14.9 Å². The normalized spacial score (nSPS) is 10.4. The molecule has 0 fully saturated rings. The zero-order valence-corrected chi connectivity index (χ0v) is 13.7. The molecule has 0 aliphatic rings. The molecule has 0 bridgehead atoms. The van der Waals surface area contributed by atoms with Crippen molar-refractivity contribution in [1.82, 2.24) is 15.2 Å². The number of rotatable bonds is 5. The predicted octanol–water partition coefficient (Wildman–Crippen LogP) is 3.15. The molecule has 1 aromatic carbocycles. The number of pyridine rings is 1. The van der Waals surface area contributed by atoms with E-state index in [-0.39, 0.29) is 22.7 Å². The average Bonchev–Trinajstić information content (AvgIpc) is 3.03. The van der Waals surface area contributed by atoms with Crippen molar-refractivity contribution in [2.24, 2.45) is 0 Å². The number of hydrogen-bond donors (Lipinski definition) is 1. The molecular weight excluding hydrogens is 346 g/mol. The first kappa shape index (κ1) is 16.6. The Kier molecular flexibility index (Phi) is 4.70. The molecule has 25 heavy (non-hydrogen) atoms. The minimum atomic E-state index is -0.520. The summed E-state index contributed by atoms with van der Waals surface area (Å²) < 4.78 is 5.57. The molecule has 0 atom stereocenters. The molecule has 3 aromatic rings. The molecule has 1 N–H and O–H groups in total. The third kappa shape index (κ3) is 4.18. The van der Waals surface area contributed by atoms with Crippen LogP contribution in [0.2, 0.25) is 0 Å². The molecule has 0 saturated carbocycles.